The highest BCUT2D eigenvalue weighted by Gasteiger charge is 2.27. The van der Waals surface area contributed by atoms with Crippen molar-refractivity contribution < 1.29 is 24.0 Å². The number of aliphatic hydroxyl groups is 1. The maximum atomic E-state index is 12.1. The van der Waals surface area contributed by atoms with Gasteiger partial charge in [-0.05, 0) is 27.7 Å². The zero-order chi connectivity index (χ0) is 18.5. The van der Waals surface area contributed by atoms with Crippen molar-refractivity contribution in [3.63, 3.8) is 0 Å². The molecule has 0 aliphatic rings. The quantitative estimate of drug-likeness (QED) is 0.812. The Morgan fingerprint density at radius 2 is 2.08 bits per heavy atom. The standard InChI is InChI=1S/C16H27N3O5/c1-10-7-12(18-24-10)8-17-14(21)11(2)13(20)9-19(6)15(22)23-16(3,4)5/h7,11,13,20H,8-9H2,1-6H3,(H,17,21). The van der Waals surface area contributed by atoms with Gasteiger partial charge in [0.05, 0.1) is 25.1 Å². The second-order valence-corrected chi connectivity index (χ2v) is 6.86. The molecule has 0 bridgehead atoms. The SMILES string of the molecule is Cc1cc(CNC(=O)C(C)C(O)CN(C)C(=O)OC(C)(C)C)no1. The Morgan fingerprint density at radius 1 is 1.46 bits per heavy atom. The summed E-state index contributed by atoms with van der Waals surface area (Å²) in [5.41, 5.74) is -0.0110. The summed E-state index contributed by atoms with van der Waals surface area (Å²) in [7, 11) is 1.51. The van der Waals surface area contributed by atoms with Crippen molar-refractivity contribution in [2.45, 2.75) is 52.9 Å². The third-order valence-corrected chi connectivity index (χ3v) is 3.28. The number of ether oxygens (including phenoxy) is 1. The summed E-state index contributed by atoms with van der Waals surface area (Å²) in [6, 6.07) is 1.72. The van der Waals surface area contributed by atoms with Crippen LogP contribution in [0.2, 0.25) is 0 Å². The van der Waals surface area contributed by atoms with Crippen molar-refractivity contribution in [2.24, 2.45) is 5.92 Å². The van der Waals surface area contributed by atoms with E-state index in [1.54, 1.807) is 40.7 Å². The molecule has 0 saturated carbocycles. The third-order valence-electron chi connectivity index (χ3n) is 3.28. The fourth-order valence-electron chi connectivity index (χ4n) is 1.87. The fraction of sp³-hybridized carbons (Fsp3) is 0.688. The molecule has 0 radical (unpaired) electrons. The average molecular weight is 341 g/mol. The Morgan fingerprint density at radius 3 is 2.58 bits per heavy atom. The summed E-state index contributed by atoms with van der Waals surface area (Å²) in [4.78, 5) is 25.2. The van der Waals surface area contributed by atoms with Crippen LogP contribution in [0.5, 0.6) is 0 Å². The number of likely N-dealkylation sites (N-methyl/N-ethyl adjacent to an activating group) is 1. The first-order valence-electron chi connectivity index (χ1n) is 7.81. The largest absolute Gasteiger partial charge is 0.444 e. The van der Waals surface area contributed by atoms with Crippen LogP contribution >= 0.6 is 0 Å². The number of carbonyl (C=O) groups is 2. The summed E-state index contributed by atoms with van der Waals surface area (Å²) in [6.45, 7) is 8.85. The maximum absolute atomic E-state index is 12.1. The molecule has 1 aromatic rings. The monoisotopic (exact) mass is 341 g/mol. The van der Waals surface area contributed by atoms with E-state index in [1.807, 2.05) is 0 Å². The fourth-order valence-corrected chi connectivity index (χ4v) is 1.87. The average Bonchev–Trinajstić information content (AvgIpc) is 2.87. The summed E-state index contributed by atoms with van der Waals surface area (Å²) in [6.07, 6.45) is -1.56. The second-order valence-electron chi connectivity index (χ2n) is 6.86. The topological polar surface area (TPSA) is 105 Å². The molecule has 0 spiro atoms. The van der Waals surface area contributed by atoms with Gasteiger partial charge in [0.2, 0.25) is 5.91 Å². The molecule has 2 N–H and O–H groups in total. The zero-order valence-corrected chi connectivity index (χ0v) is 15.1. The smallest absolute Gasteiger partial charge is 0.410 e. The van der Waals surface area contributed by atoms with Crippen LogP contribution in [0.25, 0.3) is 0 Å². The minimum atomic E-state index is -1.01. The molecule has 2 unspecified atom stereocenters. The van der Waals surface area contributed by atoms with Gasteiger partial charge in [-0.3, -0.25) is 4.79 Å². The van der Waals surface area contributed by atoms with Crippen LogP contribution in [0.15, 0.2) is 10.6 Å². The van der Waals surface area contributed by atoms with Gasteiger partial charge in [-0.25, -0.2) is 4.79 Å². The lowest BCUT2D eigenvalue weighted by molar-refractivity contribution is -0.128. The number of nitrogens with zero attached hydrogens (tertiary/aromatic N) is 2. The van der Waals surface area contributed by atoms with E-state index in [9.17, 15) is 14.7 Å². The van der Waals surface area contributed by atoms with E-state index < -0.39 is 23.7 Å². The Hall–Kier alpha value is -2.09. The van der Waals surface area contributed by atoms with E-state index in [-0.39, 0.29) is 19.0 Å². The molecule has 8 nitrogen and oxygen atoms in total. The predicted octanol–water partition coefficient (Wildman–Crippen LogP) is 1.46. The normalized spacial score (nSPS) is 14.0. The highest BCUT2D eigenvalue weighted by molar-refractivity contribution is 5.79. The minimum Gasteiger partial charge on any atom is -0.444 e. The van der Waals surface area contributed by atoms with Crippen molar-refractivity contribution in [2.75, 3.05) is 13.6 Å². The molecule has 8 heteroatoms. The van der Waals surface area contributed by atoms with E-state index >= 15 is 0 Å². The van der Waals surface area contributed by atoms with E-state index in [0.717, 1.165) is 0 Å². The van der Waals surface area contributed by atoms with Crippen LogP contribution in [0.1, 0.15) is 39.1 Å². The van der Waals surface area contributed by atoms with Crippen LogP contribution in [-0.2, 0) is 16.1 Å². The van der Waals surface area contributed by atoms with E-state index in [1.165, 1.54) is 11.9 Å². The number of hydrogen-bond donors (Lipinski definition) is 2. The number of carbonyl (C=O) groups excluding carboxylic acids is 2. The number of nitrogens with one attached hydrogen (secondary N) is 1. The molecule has 1 rings (SSSR count). The van der Waals surface area contributed by atoms with E-state index in [2.05, 4.69) is 10.5 Å². The Labute approximate surface area is 142 Å². The summed E-state index contributed by atoms with van der Waals surface area (Å²) >= 11 is 0. The molecular formula is C16H27N3O5. The molecular weight excluding hydrogens is 314 g/mol. The van der Waals surface area contributed by atoms with E-state index in [0.29, 0.717) is 11.5 Å². The van der Waals surface area contributed by atoms with Crippen LogP contribution in [0.3, 0.4) is 0 Å². The van der Waals surface area contributed by atoms with Crippen molar-refractivity contribution in [1.82, 2.24) is 15.4 Å². The van der Waals surface area contributed by atoms with Crippen molar-refractivity contribution in [1.29, 1.82) is 0 Å². The van der Waals surface area contributed by atoms with Crippen LogP contribution in [0.4, 0.5) is 4.79 Å². The number of aromatic nitrogens is 1. The molecule has 0 saturated heterocycles. The number of rotatable bonds is 6. The zero-order valence-electron chi connectivity index (χ0n) is 15.1. The van der Waals surface area contributed by atoms with Gasteiger partial charge >= 0.3 is 6.09 Å². The number of amides is 2. The maximum Gasteiger partial charge on any atom is 0.410 e. The van der Waals surface area contributed by atoms with Gasteiger partial charge in [0.1, 0.15) is 17.1 Å². The molecule has 0 aliphatic carbocycles. The lowest BCUT2D eigenvalue weighted by Crippen LogP contribution is -2.44. The number of hydrogen-bond acceptors (Lipinski definition) is 6. The molecule has 2 amide bonds. The van der Waals surface area contributed by atoms with Gasteiger partial charge < -0.3 is 24.6 Å². The summed E-state index contributed by atoms with van der Waals surface area (Å²) in [5, 5.41) is 16.6. The minimum absolute atomic E-state index is 0.00737. The molecule has 1 heterocycles. The lowest BCUT2D eigenvalue weighted by Gasteiger charge is -2.27. The van der Waals surface area contributed by atoms with Crippen molar-refractivity contribution in [3.05, 3.63) is 17.5 Å². The number of aryl methyl sites for hydroxylation is 1. The van der Waals surface area contributed by atoms with Crippen LogP contribution in [0, 0.1) is 12.8 Å². The van der Waals surface area contributed by atoms with Crippen LogP contribution < -0.4 is 5.32 Å². The highest BCUT2D eigenvalue weighted by Crippen LogP contribution is 2.11. The molecule has 24 heavy (non-hydrogen) atoms. The van der Waals surface area contributed by atoms with Gasteiger partial charge in [-0.1, -0.05) is 12.1 Å². The first-order chi connectivity index (χ1) is 11.0. The first-order valence-corrected chi connectivity index (χ1v) is 7.81. The number of aliphatic hydroxyl groups excluding tert-OH is 1. The van der Waals surface area contributed by atoms with Crippen molar-refractivity contribution in [3.8, 4) is 0 Å². The lowest BCUT2D eigenvalue weighted by atomic mass is 10.0. The van der Waals surface area contributed by atoms with E-state index in [4.69, 9.17) is 9.26 Å². The van der Waals surface area contributed by atoms with Gasteiger partial charge in [0, 0.05) is 13.1 Å². The first kappa shape index (κ1) is 20.0. The molecule has 0 fully saturated rings. The predicted molar refractivity (Wildman–Crippen MR) is 87.1 cm³/mol. The molecule has 2 atom stereocenters. The van der Waals surface area contributed by atoms with Crippen molar-refractivity contribution >= 4 is 12.0 Å². The second kappa shape index (κ2) is 8.14. The molecule has 0 aromatic carbocycles. The molecule has 1 aromatic heterocycles. The summed E-state index contributed by atoms with van der Waals surface area (Å²) < 4.78 is 10.1. The summed E-state index contributed by atoms with van der Waals surface area (Å²) in [5.74, 6) is -0.366. The van der Waals surface area contributed by atoms with Crippen LogP contribution in [-0.4, -0.2) is 52.5 Å². The Bertz CT molecular complexity index is 564. The third kappa shape index (κ3) is 6.57. The molecule has 0 aliphatic heterocycles. The molecule has 136 valence electrons. The van der Waals surface area contributed by atoms with Gasteiger partial charge in [0.15, 0.2) is 0 Å². The van der Waals surface area contributed by atoms with Gasteiger partial charge in [-0.2, -0.15) is 0 Å². The highest BCUT2D eigenvalue weighted by atomic mass is 16.6. The Kier molecular flexibility index (Phi) is 6.77. The van der Waals surface area contributed by atoms with Gasteiger partial charge in [-0.15, -0.1) is 0 Å². The van der Waals surface area contributed by atoms with Gasteiger partial charge in [0.25, 0.3) is 0 Å². The Balaban J connectivity index is 2.46.